The summed E-state index contributed by atoms with van der Waals surface area (Å²) >= 11 is 38.1. The van der Waals surface area contributed by atoms with Gasteiger partial charge in [-0.1, -0.05) is 91.0 Å². The summed E-state index contributed by atoms with van der Waals surface area (Å²) in [6.07, 6.45) is 11.2. The summed E-state index contributed by atoms with van der Waals surface area (Å²) in [5, 5.41) is 21.0. The summed E-state index contributed by atoms with van der Waals surface area (Å²) in [7, 11) is 0. The van der Waals surface area contributed by atoms with E-state index in [1.807, 2.05) is 91.0 Å². The quantitative estimate of drug-likeness (QED) is 0.0605. The van der Waals surface area contributed by atoms with Crippen molar-refractivity contribution in [3.8, 4) is 17.1 Å². The molecule has 26 heteroatoms. The minimum atomic E-state index is -1.17. The minimum absolute atomic E-state index is 0.250. The number of carbonyl (C=O) groups is 3. The van der Waals surface area contributed by atoms with Crippen LogP contribution >= 0.6 is 81.8 Å². The predicted octanol–water partition coefficient (Wildman–Crippen LogP) is 12.8. The number of hydrogen-bond donors (Lipinski definition) is 3. The Labute approximate surface area is 494 Å². The lowest BCUT2D eigenvalue weighted by atomic mass is 9.95. The largest absolute Gasteiger partial charge is 0.308 e. The van der Waals surface area contributed by atoms with E-state index >= 15 is 0 Å². The average molecular weight is 1240 g/mol. The Morgan fingerprint density at radius 2 is 0.679 bits per heavy atom. The first-order chi connectivity index (χ1) is 38.7. The third-order valence-electron chi connectivity index (χ3n) is 13.3. The Balaban J connectivity index is 0.000000143. The zero-order valence-corrected chi connectivity index (χ0v) is 47.2. The molecule has 81 heavy (non-hydrogen) atoms. The number of pyridine rings is 3. The lowest BCUT2D eigenvalue weighted by Gasteiger charge is -2.17. The molecule has 3 aliphatic rings. The number of nitrogens with zero attached hydrogens (tertiary/aromatic N) is 9. The van der Waals surface area contributed by atoms with Crippen LogP contribution in [-0.4, -0.2) is 81.3 Å². The van der Waals surface area contributed by atoms with Crippen molar-refractivity contribution in [3.63, 3.8) is 0 Å². The number of aromatic nitrogens is 9. The third kappa shape index (κ3) is 12.3. The second-order valence-electron chi connectivity index (χ2n) is 18.4. The SMILES string of the molecule is CSF.O=C(Nc1ccn(-c2ccnc(F)c2)n1)C1(c2ccccc2)CC1(Cl)Cl.O=C(Nc1ccn(-c2ccnc(F)c2)n1)[C@@]1(c2ccccc2)CC1(Cl)Cl.O=C(Nc1ccn(-c2ccnc(F)c2)n1)[C@]1(c2ccccc2)CC1(Cl)Cl. The van der Waals surface area contributed by atoms with Gasteiger partial charge in [0, 0.05) is 111 Å². The standard InChI is InChI=1S/3C18H13Cl2FN4O.CH3FS/c3*19-18(20)11-17(18,12-4-2-1-3-5-12)16(26)23-15-7-9-25(24-15)13-6-8-22-14(21)10-13;1-3-2/h3*1-10H,11H2,(H,23,24,26);1H3/t2*17-;;/m10../s1. The van der Waals surface area contributed by atoms with Crippen LogP contribution in [0, 0.1) is 17.8 Å². The van der Waals surface area contributed by atoms with Crippen LogP contribution in [0.1, 0.15) is 36.0 Å². The van der Waals surface area contributed by atoms with Crippen molar-refractivity contribution in [1.82, 2.24) is 44.3 Å². The molecule has 15 nitrogen and oxygen atoms in total. The monoisotopic (exact) mass is 1240 g/mol. The van der Waals surface area contributed by atoms with Gasteiger partial charge in [-0.15, -0.1) is 69.6 Å². The summed E-state index contributed by atoms with van der Waals surface area (Å²) in [5.74, 6) is -1.88. The van der Waals surface area contributed by atoms with E-state index < -0.39 is 47.1 Å². The zero-order valence-electron chi connectivity index (χ0n) is 41.9. The molecule has 3 fully saturated rings. The van der Waals surface area contributed by atoms with Crippen LogP contribution < -0.4 is 16.0 Å². The Kier molecular flexibility index (Phi) is 17.2. The number of rotatable bonds is 12. The van der Waals surface area contributed by atoms with Gasteiger partial charge < -0.3 is 16.0 Å². The van der Waals surface area contributed by atoms with Crippen LogP contribution in [0.25, 0.3) is 17.1 Å². The highest BCUT2D eigenvalue weighted by molar-refractivity contribution is 7.93. The van der Waals surface area contributed by atoms with Crippen LogP contribution in [0.5, 0.6) is 0 Å². The number of hydrogen-bond acceptors (Lipinski definition) is 10. The van der Waals surface area contributed by atoms with E-state index in [0.29, 0.717) is 53.8 Å². The fraction of sp³-hybridized carbons (Fsp3) is 0.182. The molecule has 6 aromatic heterocycles. The Morgan fingerprint density at radius 1 is 0.444 bits per heavy atom. The van der Waals surface area contributed by atoms with Gasteiger partial charge in [-0.05, 0) is 34.9 Å². The van der Waals surface area contributed by atoms with Gasteiger partial charge in [0.1, 0.15) is 29.2 Å². The molecule has 0 saturated heterocycles. The highest BCUT2D eigenvalue weighted by atomic mass is 35.5. The van der Waals surface area contributed by atoms with Crippen molar-refractivity contribution in [1.29, 1.82) is 0 Å². The molecule has 3 aromatic carbocycles. The highest BCUT2D eigenvalue weighted by Gasteiger charge is 2.74. The number of carbonyl (C=O) groups excluding carboxylic acids is 3. The third-order valence-corrected chi connectivity index (χ3v) is 16.1. The van der Waals surface area contributed by atoms with Crippen molar-refractivity contribution < 1.29 is 31.4 Å². The molecule has 0 radical (unpaired) electrons. The minimum Gasteiger partial charge on any atom is -0.308 e. The summed E-state index contributed by atoms with van der Waals surface area (Å²) in [6.45, 7) is 0. The van der Waals surface area contributed by atoms with E-state index in [2.05, 4.69) is 46.2 Å². The van der Waals surface area contributed by atoms with Crippen LogP contribution in [-0.2, 0) is 30.6 Å². The lowest BCUT2D eigenvalue weighted by Crippen LogP contribution is -2.32. The van der Waals surface area contributed by atoms with Crippen LogP contribution in [0.4, 0.5) is 34.5 Å². The number of anilines is 3. The molecule has 416 valence electrons. The van der Waals surface area contributed by atoms with Gasteiger partial charge in [0.25, 0.3) is 0 Å². The van der Waals surface area contributed by atoms with Gasteiger partial charge in [0.2, 0.25) is 35.6 Å². The summed E-state index contributed by atoms with van der Waals surface area (Å²) in [4.78, 5) is 49.3. The first-order valence-corrected chi connectivity index (χ1v) is 27.5. The van der Waals surface area contributed by atoms with Gasteiger partial charge in [0.15, 0.2) is 17.5 Å². The molecule has 3 amide bonds. The maximum absolute atomic E-state index is 13.3. The van der Waals surface area contributed by atoms with Crippen molar-refractivity contribution >= 4 is 117 Å². The molecule has 12 rings (SSSR count). The van der Waals surface area contributed by atoms with E-state index in [0.717, 1.165) is 16.7 Å². The number of amides is 3. The van der Waals surface area contributed by atoms with Crippen molar-refractivity contribution in [3.05, 3.63) is 217 Å². The normalized spacial score (nSPS) is 20.0. The maximum Gasteiger partial charge on any atom is 0.239 e. The van der Waals surface area contributed by atoms with Gasteiger partial charge in [-0.3, -0.25) is 14.4 Å². The number of halogens is 10. The Bertz CT molecular complexity index is 3340. The van der Waals surface area contributed by atoms with Crippen LogP contribution in [0.3, 0.4) is 0 Å². The number of alkyl halides is 6. The van der Waals surface area contributed by atoms with E-state index in [4.69, 9.17) is 69.6 Å². The predicted molar refractivity (Wildman–Crippen MR) is 306 cm³/mol. The van der Waals surface area contributed by atoms with Gasteiger partial charge in [-0.25, -0.2) is 29.0 Å². The highest BCUT2D eigenvalue weighted by Crippen LogP contribution is 2.67. The van der Waals surface area contributed by atoms with Crippen molar-refractivity contribution in [2.75, 3.05) is 22.2 Å². The molecule has 0 spiro atoms. The molecule has 0 bridgehead atoms. The van der Waals surface area contributed by atoms with E-state index in [9.17, 15) is 31.4 Å². The van der Waals surface area contributed by atoms with Gasteiger partial charge >= 0.3 is 0 Å². The van der Waals surface area contributed by atoms with Crippen molar-refractivity contribution in [2.24, 2.45) is 0 Å². The number of benzene rings is 3. The molecule has 3 atom stereocenters. The van der Waals surface area contributed by atoms with Gasteiger partial charge in [-0.2, -0.15) is 32.4 Å². The number of nitrogens with one attached hydrogen (secondary N) is 3. The topological polar surface area (TPSA) is 179 Å². The second-order valence-corrected chi connectivity index (χ2v) is 23.2. The van der Waals surface area contributed by atoms with E-state index in [-0.39, 0.29) is 29.9 Å². The summed E-state index contributed by atoms with van der Waals surface area (Å²) < 4.78 is 50.8. The zero-order chi connectivity index (χ0) is 57.8. The molecular formula is C55H42Cl6F4N12O3S. The van der Waals surface area contributed by atoms with Crippen molar-refractivity contribution in [2.45, 2.75) is 48.5 Å². The lowest BCUT2D eigenvalue weighted by molar-refractivity contribution is -0.119. The van der Waals surface area contributed by atoms with E-state index in [1.165, 1.54) is 57.1 Å². The smallest absolute Gasteiger partial charge is 0.239 e. The molecule has 0 aliphatic heterocycles. The molecule has 1 unspecified atom stereocenters. The first kappa shape index (κ1) is 58.6. The Hall–Kier alpha value is -7.04. The molecule has 3 saturated carbocycles. The molecule has 6 heterocycles. The van der Waals surface area contributed by atoms with Gasteiger partial charge in [0.05, 0.1) is 17.1 Å². The average Bonchev–Trinajstić information content (AvgIpc) is 4.24. The van der Waals surface area contributed by atoms with E-state index in [1.54, 1.807) is 55.0 Å². The Morgan fingerprint density at radius 3 is 0.889 bits per heavy atom. The summed E-state index contributed by atoms with van der Waals surface area (Å²) in [5.41, 5.74) is 0.649. The fourth-order valence-electron chi connectivity index (χ4n) is 8.98. The molecular weight excluding hydrogens is 1200 g/mol. The molecule has 9 aromatic rings. The first-order valence-electron chi connectivity index (χ1n) is 24.1. The van der Waals surface area contributed by atoms with Crippen LogP contribution in [0.2, 0.25) is 0 Å². The van der Waals surface area contributed by atoms with Crippen LogP contribution in [0.15, 0.2) is 183 Å². The molecule has 3 N–H and O–H groups in total. The second kappa shape index (κ2) is 23.8. The fourth-order valence-corrected chi connectivity index (χ4v) is 11.4. The summed E-state index contributed by atoms with van der Waals surface area (Å²) in [6, 6.07) is 40.9. The maximum atomic E-state index is 13.3. The molecule has 3 aliphatic carbocycles.